The average molecular weight is 546 g/mol. The summed E-state index contributed by atoms with van der Waals surface area (Å²) in [5, 5.41) is 6.18. The molecule has 11 nitrogen and oxygen atoms in total. The zero-order chi connectivity index (χ0) is 29.2. The molecule has 11 heteroatoms. The predicted molar refractivity (Wildman–Crippen MR) is 160 cm³/mol. The molecule has 0 unspecified atom stereocenters. The number of nitrogens with zero attached hydrogens (tertiary/aromatic N) is 7. The molecule has 4 rings (SSSR count). The van der Waals surface area contributed by atoms with Crippen LogP contribution in [0.5, 0.6) is 5.75 Å². The van der Waals surface area contributed by atoms with Gasteiger partial charge in [0.1, 0.15) is 12.1 Å². The molecule has 1 aliphatic heterocycles. The van der Waals surface area contributed by atoms with Crippen LogP contribution in [0.15, 0.2) is 37.2 Å². The van der Waals surface area contributed by atoms with Crippen molar-refractivity contribution in [1.82, 2.24) is 24.8 Å². The molecule has 0 aliphatic carbocycles. The third kappa shape index (κ3) is 5.99. The smallest absolute Gasteiger partial charge is 0.247 e. The van der Waals surface area contributed by atoms with Crippen molar-refractivity contribution >= 4 is 40.6 Å². The minimum atomic E-state index is -0.310. The first-order valence-corrected chi connectivity index (χ1v) is 13.2. The second-order valence-corrected chi connectivity index (χ2v) is 11.0. The molecule has 1 amide bonds. The molecule has 0 atom stereocenters. The van der Waals surface area contributed by atoms with E-state index in [0.29, 0.717) is 35.6 Å². The van der Waals surface area contributed by atoms with Crippen molar-refractivity contribution < 1.29 is 9.53 Å². The van der Waals surface area contributed by atoms with Crippen LogP contribution in [0.4, 0.5) is 34.6 Å². The van der Waals surface area contributed by atoms with Crippen LogP contribution in [0, 0.1) is 13.8 Å². The third-order valence-electron chi connectivity index (χ3n) is 7.03. The van der Waals surface area contributed by atoms with Crippen molar-refractivity contribution in [2.24, 2.45) is 0 Å². The Kier molecular flexibility index (Phi) is 8.24. The maximum Gasteiger partial charge on any atom is 0.247 e. The molecular formula is C29H39N9O2. The lowest BCUT2D eigenvalue weighted by Gasteiger charge is -2.26. The summed E-state index contributed by atoms with van der Waals surface area (Å²) in [5.74, 6) is 1.14. The van der Waals surface area contributed by atoms with E-state index in [1.807, 2.05) is 40.2 Å². The van der Waals surface area contributed by atoms with E-state index in [1.165, 1.54) is 12.4 Å². The van der Waals surface area contributed by atoms with Crippen LogP contribution in [-0.4, -0.2) is 78.6 Å². The number of aryl methyl sites for hydroxylation is 2. The SMILES string of the molecule is C=CC(=O)Nc1cc(Nc2ncnc(N3CC(C)(C)c4nc(C)c(C)cc43)n2)c(OC)cc1N(C)CCN(C)C. The van der Waals surface area contributed by atoms with Crippen LogP contribution in [0.25, 0.3) is 0 Å². The molecule has 3 aromatic rings. The number of benzene rings is 1. The van der Waals surface area contributed by atoms with Gasteiger partial charge in [-0.1, -0.05) is 20.4 Å². The quantitative estimate of drug-likeness (QED) is 0.360. The second-order valence-electron chi connectivity index (χ2n) is 11.0. The number of carbonyl (C=O) groups excluding carboxylic acids is 1. The summed E-state index contributed by atoms with van der Waals surface area (Å²) in [4.78, 5) is 37.0. The molecule has 1 aliphatic rings. The number of hydrogen-bond donors (Lipinski definition) is 2. The summed E-state index contributed by atoms with van der Waals surface area (Å²) in [7, 11) is 7.61. The van der Waals surface area contributed by atoms with Crippen molar-refractivity contribution in [1.29, 1.82) is 0 Å². The molecule has 3 heterocycles. The van der Waals surface area contributed by atoms with Gasteiger partial charge in [0.05, 0.1) is 35.6 Å². The van der Waals surface area contributed by atoms with Gasteiger partial charge in [0.25, 0.3) is 0 Å². The number of fused-ring (bicyclic) bond motifs is 1. The number of nitrogens with one attached hydrogen (secondary N) is 2. The molecule has 0 bridgehead atoms. The number of carbonyl (C=O) groups is 1. The van der Waals surface area contributed by atoms with Gasteiger partial charge < -0.3 is 30.1 Å². The number of rotatable bonds is 10. The summed E-state index contributed by atoms with van der Waals surface area (Å²) in [6.07, 6.45) is 2.73. The minimum absolute atomic E-state index is 0.163. The van der Waals surface area contributed by atoms with Crippen molar-refractivity contribution in [2.75, 3.05) is 68.3 Å². The van der Waals surface area contributed by atoms with Crippen LogP contribution in [0.1, 0.15) is 30.8 Å². The Morgan fingerprint density at radius 1 is 1.12 bits per heavy atom. The summed E-state index contributed by atoms with van der Waals surface area (Å²) in [6.45, 7) is 14.3. The van der Waals surface area contributed by atoms with E-state index in [2.05, 4.69) is 68.7 Å². The number of aromatic nitrogens is 4. The number of hydrogen-bond acceptors (Lipinski definition) is 10. The van der Waals surface area contributed by atoms with E-state index in [4.69, 9.17) is 14.7 Å². The predicted octanol–water partition coefficient (Wildman–Crippen LogP) is 4.19. The first-order valence-electron chi connectivity index (χ1n) is 13.2. The van der Waals surface area contributed by atoms with Crippen LogP contribution in [0.2, 0.25) is 0 Å². The number of likely N-dealkylation sites (N-methyl/N-ethyl adjacent to an activating group) is 2. The van der Waals surface area contributed by atoms with E-state index in [0.717, 1.165) is 41.4 Å². The monoisotopic (exact) mass is 545 g/mol. The molecule has 212 valence electrons. The number of methoxy groups -OCH3 is 1. The Morgan fingerprint density at radius 2 is 1.88 bits per heavy atom. The molecule has 1 aromatic carbocycles. The Hall–Kier alpha value is -4.25. The van der Waals surface area contributed by atoms with Crippen LogP contribution >= 0.6 is 0 Å². The first kappa shape index (κ1) is 28.8. The molecule has 2 N–H and O–H groups in total. The third-order valence-corrected chi connectivity index (χ3v) is 7.03. The second kappa shape index (κ2) is 11.5. The maximum atomic E-state index is 12.3. The molecule has 0 saturated heterocycles. The highest BCUT2D eigenvalue weighted by atomic mass is 16.5. The Balaban J connectivity index is 1.69. The lowest BCUT2D eigenvalue weighted by atomic mass is 9.91. The number of ether oxygens (including phenoxy) is 1. The van der Waals surface area contributed by atoms with Crippen molar-refractivity contribution in [3.8, 4) is 5.75 Å². The van der Waals surface area contributed by atoms with E-state index < -0.39 is 0 Å². The first-order chi connectivity index (χ1) is 18.9. The van der Waals surface area contributed by atoms with Crippen molar-refractivity contribution in [3.05, 3.63) is 54.1 Å². The van der Waals surface area contributed by atoms with Crippen LogP contribution in [0.3, 0.4) is 0 Å². The fourth-order valence-electron chi connectivity index (χ4n) is 4.63. The summed E-state index contributed by atoms with van der Waals surface area (Å²) >= 11 is 0. The molecule has 0 radical (unpaired) electrons. The number of amides is 1. The minimum Gasteiger partial charge on any atom is -0.494 e. The van der Waals surface area contributed by atoms with Gasteiger partial charge in [0.2, 0.25) is 17.8 Å². The highest BCUT2D eigenvalue weighted by Crippen LogP contribution is 2.43. The average Bonchev–Trinajstić information content (AvgIpc) is 3.17. The summed E-state index contributed by atoms with van der Waals surface area (Å²) < 4.78 is 5.73. The lowest BCUT2D eigenvalue weighted by molar-refractivity contribution is -0.111. The number of anilines is 6. The highest BCUT2D eigenvalue weighted by Gasteiger charge is 2.39. The van der Waals surface area contributed by atoms with E-state index in [9.17, 15) is 4.79 Å². The highest BCUT2D eigenvalue weighted by molar-refractivity contribution is 6.02. The molecule has 0 fully saturated rings. The molecular weight excluding hydrogens is 506 g/mol. The normalized spacial score (nSPS) is 13.7. The van der Waals surface area contributed by atoms with E-state index in [-0.39, 0.29) is 11.3 Å². The number of pyridine rings is 1. The van der Waals surface area contributed by atoms with E-state index >= 15 is 0 Å². The van der Waals surface area contributed by atoms with Gasteiger partial charge in [-0.05, 0) is 51.7 Å². The van der Waals surface area contributed by atoms with Crippen LogP contribution in [-0.2, 0) is 10.2 Å². The zero-order valence-electron chi connectivity index (χ0n) is 24.7. The van der Waals surface area contributed by atoms with Gasteiger partial charge in [-0.2, -0.15) is 4.98 Å². The van der Waals surface area contributed by atoms with Gasteiger partial charge in [0, 0.05) is 43.9 Å². The van der Waals surface area contributed by atoms with Gasteiger partial charge in [-0.3, -0.25) is 9.78 Å². The van der Waals surface area contributed by atoms with Gasteiger partial charge in [-0.25, -0.2) is 9.97 Å². The zero-order valence-corrected chi connectivity index (χ0v) is 24.7. The van der Waals surface area contributed by atoms with Crippen molar-refractivity contribution in [3.63, 3.8) is 0 Å². The topological polar surface area (TPSA) is 112 Å². The van der Waals surface area contributed by atoms with Crippen molar-refractivity contribution in [2.45, 2.75) is 33.1 Å². The Morgan fingerprint density at radius 3 is 2.55 bits per heavy atom. The van der Waals surface area contributed by atoms with Gasteiger partial charge >= 0.3 is 0 Å². The Bertz CT molecular complexity index is 1420. The van der Waals surface area contributed by atoms with E-state index in [1.54, 1.807) is 7.11 Å². The van der Waals surface area contributed by atoms with Crippen LogP contribution < -0.4 is 25.2 Å². The largest absolute Gasteiger partial charge is 0.494 e. The molecule has 2 aromatic heterocycles. The standard InChI is InChI=1S/C29H39N9O2/c1-10-25(39)33-20-14-21(24(40-9)15-22(20)37(8)12-11-36(6)7)34-27-30-17-31-28(35-27)38-16-29(4,5)26-23(38)13-18(2)19(3)32-26/h10,13-15,17H,1,11-12,16H2,2-9H3,(H,33,39)(H,30,31,34,35). The maximum absolute atomic E-state index is 12.3. The molecule has 0 spiro atoms. The van der Waals surface area contributed by atoms with Gasteiger partial charge in [-0.15, -0.1) is 0 Å². The molecule has 40 heavy (non-hydrogen) atoms. The summed E-state index contributed by atoms with van der Waals surface area (Å²) in [5.41, 5.74) is 6.02. The van der Waals surface area contributed by atoms with Gasteiger partial charge in [0.15, 0.2) is 0 Å². The fourth-order valence-corrected chi connectivity index (χ4v) is 4.63. The Labute approximate surface area is 236 Å². The summed E-state index contributed by atoms with van der Waals surface area (Å²) in [6, 6.07) is 5.84. The fraction of sp³-hybridized carbons (Fsp3) is 0.414. The lowest BCUT2D eigenvalue weighted by Crippen LogP contribution is -2.29. The molecule has 0 saturated carbocycles.